The van der Waals surface area contributed by atoms with Crippen molar-refractivity contribution in [2.24, 2.45) is 5.73 Å². The maximum atomic E-state index is 13.3. The van der Waals surface area contributed by atoms with Crippen LogP contribution in [0.5, 0.6) is 0 Å². The van der Waals surface area contributed by atoms with Crippen LogP contribution in [0.4, 0.5) is 4.39 Å². The highest BCUT2D eigenvalue weighted by atomic mass is 19.1. The molecule has 0 spiro atoms. The van der Waals surface area contributed by atoms with Gasteiger partial charge in [0, 0.05) is 11.6 Å². The van der Waals surface area contributed by atoms with Crippen molar-refractivity contribution >= 4 is 10.9 Å². The zero-order valence-corrected chi connectivity index (χ0v) is 8.05. The maximum absolute atomic E-state index is 13.3. The van der Waals surface area contributed by atoms with Gasteiger partial charge in [-0.15, -0.1) is 0 Å². The molecule has 0 saturated carbocycles. The first-order valence-electron chi connectivity index (χ1n) is 4.69. The Morgan fingerprint density at radius 2 is 2.29 bits per heavy atom. The van der Waals surface area contributed by atoms with E-state index in [0.717, 1.165) is 10.9 Å². The Labute approximate surface area is 81.9 Å². The van der Waals surface area contributed by atoms with Crippen LogP contribution in [-0.2, 0) is 0 Å². The van der Waals surface area contributed by atoms with Crippen molar-refractivity contribution in [3.05, 3.63) is 35.8 Å². The van der Waals surface area contributed by atoms with Gasteiger partial charge in [0.2, 0.25) is 0 Å². The number of nitrogens with two attached hydrogens (primary N) is 1. The lowest BCUT2D eigenvalue weighted by molar-refractivity contribution is 0.637. The van der Waals surface area contributed by atoms with Gasteiger partial charge in [0.05, 0.1) is 5.52 Å². The van der Waals surface area contributed by atoms with Gasteiger partial charge in [-0.2, -0.15) is 0 Å². The van der Waals surface area contributed by atoms with Gasteiger partial charge in [-0.25, -0.2) is 4.39 Å². The van der Waals surface area contributed by atoms with Gasteiger partial charge < -0.3 is 10.7 Å². The van der Waals surface area contributed by atoms with Gasteiger partial charge >= 0.3 is 0 Å². The topological polar surface area (TPSA) is 41.8 Å². The molecule has 0 saturated heterocycles. The number of H-pyrrole nitrogens is 1. The first-order chi connectivity index (χ1) is 6.74. The Balaban J connectivity index is 2.63. The van der Waals surface area contributed by atoms with Crippen molar-refractivity contribution in [1.29, 1.82) is 0 Å². The van der Waals surface area contributed by atoms with Crippen LogP contribution in [0.2, 0.25) is 0 Å². The van der Waals surface area contributed by atoms with Crippen LogP contribution in [0.15, 0.2) is 24.4 Å². The molecule has 0 radical (unpaired) electrons. The van der Waals surface area contributed by atoms with Crippen LogP contribution < -0.4 is 5.73 Å². The number of hydrogen-bond donors (Lipinski definition) is 2. The normalized spacial score (nSPS) is 13.4. The number of fused-ring (bicyclic) bond motifs is 1. The average Bonchev–Trinajstić information content (AvgIpc) is 2.62. The first kappa shape index (κ1) is 9.21. The molecule has 2 nitrogen and oxygen atoms in total. The van der Waals surface area contributed by atoms with E-state index in [4.69, 9.17) is 5.73 Å². The van der Waals surface area contributed by atoms with E-state index in [1.165, 1.54) is 6.07 Å². The van der Waals surface area contributed by atoms with Crippen LogP contribution in [0.3, 0.4) is 0 Å². The molecule has 0 aliphatic rings. The SMILES string of the molecule is CC(CN)c1c[nH]c2c(F)cccc12. The van der Waals surface area contributed by atoms with Crippen LogP contribution in [0.25, 0.3) is 10.9 Å². The van der Waals surface area contributed by atoms with E-state index in [-0.39, 0.29) is 11.7 Å². The summed E-state index contributed by atoms with van der Waals surface area (Å²) in [7, 11) is 0. The number of para-hydroxylation sites is 1. The fourth-order valence-corrected chi connectivity index (χ4v) is 1.67. The Bertz CT molecular complexity index is 447. The zero-order chi connectivity index (χ0) is 10.1. The fourth-order valence-electron chi connectivity index (χ4n) is 1.67. The summed E-state index contributed by atoms with van der Waals surface area (Å²) in [6.07, 6.45) is 1.84. The molecule has 0 fully saturated rings. The monoisotopic (exact) mass is 192 g/mol. The highest BCUT2D eigenvalue weighted by Gasteiger charge is 2.11. The standard InChI is InChI=1S/C11H13FN2/c1-7(5-13)9-6-14-11-8(9)3-2-4-10(11)12/h2-4,6-7,14H,5,13H2,1H3. The number of nitrogens with one attached hydrogen (secondary N) is 1. The molecule has 0 aliphatic heterocycles. The number of aromatic amines is 1. The Morgan fingerprint density at radius 3 is 3.00 bits per heavy atom. The summed E-state index contributed by atoms with van der Waals surface area (Å²) in [6.45, 7) is 2.61. The van der Waals surface area contributed by atoms with Crippen LogP contribution in [-0.4, -0.2) is 11.5 Å². The highest BCUT2D eigenvalue weighted by Crippen LogP contribution is 2.26. The number of benzene rings is 1. The van der Waals surface area contributed by atoms with Crippen molar-refractivity contribution in [1.82, 2.24) is 4.98 Å². The predicted molar refractivity (Wildman–Crippen MR) is 55.7 cm³/mol. The number of aromatic nitrogens is 1. The second kappa shape index (κ2) is 3.42. The largest absolute Gasteiger partial charge is 0.359 e. The number of rotatable bonds is 2. The summed E-state index contributed by atoms with van der Waals surface area (Å²) in [4.78, 5) is 2.94. The van der Waals surface area contributed by atoms with Crippen LogP contribution in [0, 0.1) is 5.82 Å². The summed E-state index contributed by atoms with van der Waals surface area (Å²) in [6, 6.07) is 5.09. The predicted octanol–water partition coefficient (Wildman–Crippen LogP) is 2.37. The average molecular weight is 192 g/mol. The van der Waals surface area contributed by atoms with Gasteiger partial charge in [-0.1, -0.05) is 19.1 Å². The maximum Gasteiger partial charge on any atom is 0.147 e. The molecule has 3 N–H and O–H groups in total. The van der Waals surface area contributed by atoms with Crippen molar-refractivity contribution in [2.45, 2.75) is 12.8 Å². The molecule has 2 aromatic rings. The lowest BCUT2D eigenvalue weighted by atomic mass is 10.0. The summed E-state index contributed by atoms with van der Waals surface area (Å²) < 4.78 is 13.3. The summed E-state index contributed by atoms with van der Waals surface area (Å²) in [5.41, 5.74) is 7.24. The van der Waals surface area contributed by atoms with E-state index >= 15 is 0 Å². The lowest BCUT2D eigenvalue weighted by Crippen LogP contribution is -2.08. The minimum absolute atomic E-state index is 0.210. The molecule has 14 heavy (non-hydrogen) atoms. The minimum atomic E-state index is -0.210. The Morgan fingerprint density at radius 1 is 1.50 bits per heavy atom. The molecule has 1 heterocycles. The van der Waals surface area contributed by atoms with Crippen molar-refractivity contribution < 1.29 is 4.39 Å². The van der Waals surface area contributed by atoms with E-state index in [0.29, 0.717) is 12.1 Å². The quantitative estimate of drug-likeness (QED) is 0.753. The Kier molecular flexibility index (Phi) is 2.25. The third-order valence-corrected chi connectivity index (χ3v) is 2.58. The summed E-state index contributed by atoms with van der Waals surface area (Å²) in [5, 5.41) is 0.933. The zero-order valence-electron chi connectivity index (χ0n) is 8.05. The van der Waals surface area contributed by atoms with Gasteiger partial charge in [0.1, 0.15) is 5.82 Å². The third kappa shape index (κ3) is 1.30. The number of halogens is 1. The van der Waals surface area contributed by atoms with Gasteiger partial charge in [0.25, 0.3) is 0 Å². The lowest BCUT2D eigenvalue weighted by Gasteiger charge is -2.05. The van der Waals surface area contributed by atoms with E-state index < -0.39 is 0 Å². The van der Waals surface area contributed by atoms with E-state index in [1.54, 1.807) is 6.07 Å². The molecule has 0 bridgehead atoms. The highest BCUT2D eigenvalue weighted by molar-refractivity contribution is 5.84. The molecule has 1 aromatic heterocycles. The second-order valence-electron chi connectivity index (χ2n) is 3.54. The Hall–Kier alpha value is -1.35. The molecule has 2 rings (SSSR count). The number of hydrogen-bond acceptors (Lipinski definition) is 1. The van der Waals surface area contributed by atoms with Gasteiger partial charge in [-0.05, 0) is 24.1 Å². The molecule has 1 aromatic carbocycles. The molecule has 74 valence electrons. The summed E-state index contributed by atoms with van der Waals surface area (Å²) in [5.74, 6) is 0.0449. The van der Waals surface area contributed by atoms with Crippen LogP contribution >= 0.6 is 0 Å². The molecule has 1 unspecified atom stereocenters. The smallest absolute Gasteiger partial charge is 0.147 e. The fraction of sp³-hybridized carbons (Fsp3) is 0.273. The molecule has 1 atom stereocenters. The molecule has 3 heteroatoms. The molecular formula is C11H13FN2. The minimum Gasteiger partial charge on any atom is -0.359 e. The van der Waals surface area contributed by atoms with Gasteiger partial charge in [0.15, 0.2) is 0 Å². The summed E-state index contributed by atoms with van der Waals surface area (Å²) >= 11 is 0. The molecular weight excluding hydrogens is 179 g/mol. The molecule has 0 amide bonds. The van der Waals surface area contributed by atoms with Crippen molar-refractivity contribution in [3.63, 3.8) is 0 Å². The van der Waals surface area contributed by atoms with Crippen LogP contribution in [0.1, 0.15) is 18.4 Å². The van der Waals surface area contributed by atoms with E-state index in [2.05, 4.69) is 4.98 Å². The third-order valence-electron chi connectivity index (χ3n) is 2.58. The second-order valence-corrected chi connectivity index (χ2v) is 3.54. The van der Waals surface area contributed by atoms with E-state index in [1.807, 2.05) is 19.2 Å². The van der Waals surface area contributed by atoms with Crippen molar-refractivity contribution in [3.8, 4) is 0 Å². The van der Waals surface area contributed by atoms with Gasteiger partial charge in [-0.3, -0.25) is 0 Å². The first-order valence-corrected chi connectivity index (χ1v) is 4.69. The van der Waals surface area contributed by atoms with E-state index in [9.17, 15) is 4.39 Å². The van der Waals surface area contributed by atoms with Crippen molar-refractivity contribution in [2.75, 3.05) is 6.54 Å². The molecule has 0 aliphatic carbocycles.